The number of methoxy groups -OCH3 is 1. The van der Waals surface area contributed by atoms with Crippen LogP contribution in [0.3, 0.4) is 0 Å². The maximum absolute atomic E-state index is 12.2. The average Bonchev–Trinajstić information content (AvgIpc) is 2.39. The Morgan fingerprint density at radius 2 is 2.06 bits per heavy atom. The fourth-order valence-electron chi connectivity index (χ4n) is 1.29. The third-order valence-electron chi connectivity index (χ3n) is 2.08. The van der Waals surface area contributed by atoms with E-state index < -0.39 is 9.84 Å². The Kier molecular flexibility index (Phi) is 3.01. The van der Waals surface area contributed by atoms with Crippen LogP contribution in [0.25, 0.3) is 0 Å². The summed E-state index contributed by atoms with van der Waals surface area (Å²) in [4.78, 5) is 3.84. The number of pyridine rings is 1. The zero-order valence-corrected chi connectivity index (χ0v) is 9.76. The average molecular weight is 251 g/mol. The lowest BCUT2D eigenvalue weighted by molar-refractivity contribution is 0.378. The van der Waals surface area contributed by atoms with Crippen molar-refractivity contribution in [3.8, 4) is 5.88 Å². The lowest BCUT2D eigenvalue weighted by Gasteiger charge is -2.06. The van der Waals surface area contributed by atoms with Crippen molar-refractivity contribution in [2.75, 3.05) is 7.11 Å². The van der Waals surface area contributed by atoms with E-state index in [1.165, 1.54) is 37.8 Å². The summed E-state index contributed by atoms with van der Waals surface area (Å²) in [5.41, 5.74) is 0. The van der Waals surface area contributed by atoms with Gasteiger partial charge in [-0.15, -0.1) is 5.10 Å². The Morgan fingerprint density at radius 3 is 2.71 bits per heavy atom. The van der Waals surface area contributed by atoms with Gasteiger partial charge in [0.25, 0.3) is 5.88 Å². The highest BCUT2D eigenvalue weighted by Crippen LogP contribution is 2.25. The van der Waals surface area contributed by atoms with Crippen molar-refractivity contribution >= 4 is 9.84 Å². The fourth-order valence-corrected chi connectivity index (χ4v) is 2.59. The van der Waals surface area contributed by atoms with Gasteiger partial charge in [0, 0.05) is 12.4 Å². The minimum Gasteiger partial charge on any atom is -0.479 e. The molecule has 2 aromatic rings. The normalized spacial score (nSPS) is 11.1. The number of nitrogens with zero attached hydrogens (tertiary/aromatic N) is 3. The summed E-state index contributed by atoms with van der Waals surface area (Å²) in [6.45, 7) is 0. The number of hydrogen-bond donors (Lipinski definition) is 0. The van der Waals surface area contributed by atoms with Crippen LogP contribution in [0, 0.1) is 0 Å². The lowest BCUT2D eigenvalue weighted by Crippen LogP contribution is -2.06. The van der Waals surface area contributed by atoms with E-state index in [1.54, 1.807) is 6.07 Å². The highest BCUT2D eigenvalue weighted by molar-refractivity contribution is 7.91. The Morgan fingerprint density at radius 1 is 1.24 bits per heavy atom. The number of hydrogen-bond acceptors (Lipinski definition) is 6. The van der Waals surface area contributed by atoms with Crippen LogP contribution in [0.1, 0.15) is 0 Å². The van der Waals surface area contributed by atoms with E-state index in [4.69, 9.17) is 4.74 Å². The molecule has 6 nitrogen and oxygen atoms in total. The van der Waals surface area contributed by atoms with Crippen LogP contribution >= 0.6 is 0 Å². The molecule has 0 bridgehead atoms. The van der Waals surface area contributed by atoms with Crippen molar-refractivity contribution in [2.45, 2.75) is 9.79 Å². The molecule has 17 heavy (non-hydrogen) atoms. The SMILES string of the molecule is COc1nnccc1S(=O)(=O)c1cccnc1. The van der Waals surface area contributed by atoms with E-state index in [1.807, 2.05) is 0 Å². The molecule has 0 aliphatic rings. The summed E-state index contributed by atoms with van der Waals surface area (Å²) >= 11 is 0. The van der Waals surface area contributed by atoms with Gasteiger partial charge in [-0.25, -0.2) is 8.42 Å². The second-order valence-electron chi connectivity index (χ2n) is 3.10. The van der Waals surface area contributed by atoms with Crippen LogP contribution in [0.15, 0.2) is 46.6 Å². The summed E-state index contributed by atoms with van der Waals surface area (Å²) in [6.07, 6.45) is 4.07. The van der Waals surface area contributed by atoms with Crippen molar-refractivity contribution in [1.82, 2.24) is 15.2 Å². The molecular weight excluding hydrogens is 242 g/mol. The van der Waals surface area contributed by atoms with Gasteiger partial charge in [-0.1, -0.05) is 0 Å². The standard InChI is InChI=1S/C10H9N3O3S/c1-16-10-9(4-6-12-13-10)17(14,15)8-3-2-5-11-7-8/h2-7H,1H3. The quantitative estimate of drug-likeness (QED) is 0.799. The fraction of sp³-hybridized carbons (Fsp3) is 0.100. The van der Waals surface area contributed by atoms with Crippen LogP contribution in [0.5, 0.6) is 5.88 Å². The molecule has 0 spiro atoms. The van der Waals surface area contributed by atoms with Gasteiger partial charge in [0.05, 0.1) is 18.2 Å². The third kappa shape index (κ3) is 2.09. The van der Waals surface area contributed by atoms with Crippen molar-refractivity contribution in [3.05, 3.63) is 36.8 Å². The number of aromatic nitrogens is 3. The summed E-state index contributed by atoms with van der Waals surface area (Å²) in [6, 6.07) is 4.35. The van der Waals surface area contributed by atoms with E-state index in [2.05, 4.69) is 15.2 Å². The second kappa shape index (κ2) is 4.46. The molecule has 0 N–H and O–H groups in total. The van der Waals surface area contributed by atoms with Gasteiger partial charge in [0.1, 0.15) is 4.90 Å². The lowest BCUT2D eigenvalue weighted by atomic mass is 10.5. The molecule has 0 aliphatic carbocycles. The number of sulfone groups is 1. The number of rotatable bonds is 3. The smallest absolute Gasteiger partial charge is 0.252 e. The Balaban J connectivity index is 2.61. The summed E-state index contributed by atoms with van der Waals surface area (Å²) in [5.74, 6) is -0.0312. The van der Waals surface area contributed by atoms with Gasteiger partial charge < -0.3 is 4.74 Å². The van der Waals surface area contributed by atoms with Crippen LogP contribution in [0.4, 0.5) is 0 Å². The van der Waals surface area contributed by atoms with Crippen molar-refractivity contribution < 1.29 is 13.2 Å². The topological polar surface area (TPSA) is 82.0 Å². The molecule has 0 aliphatic heterocycles. The molecule has 0 unspecified atom stereocenters. The molecular formula is C10H9N3O3S. The van der Waals surface area contributed by atoms with E-state index in [0.29, 0.717) is 0 Å². The first-order chi connectivity index (χ1) is 8.16. The van der Waals surface area contributed by atoms with Gasteiger partial charge >= 0.3 is 0 Å². The molecule has 0 aromatic carbocycles. The predicted molar refractivity (Wildman–Crippen MR) is 58.3 cm³/mol. The van der Waals surface area contributed by atoms with Crippen LogP contribution in [-0.4, -0.2) is 30.7 Å². The second-order valence-corrected chi connectivity index (χ2v) is 5.02. The van der Waals surface area contributed by atoms with Crippen molar-refractivity contribution in [3.63, 3.8) is 0 Å². The largest absolute Gasteiger partial charge is 0.479 e. The minimum atomic E-state index is -3.67. The van der Waals surface area contributed by atoms with Gasteiger partial charge in [0.15, 0.2) is 0 Å². The van der Waals surface area contributed by atoms with Gasteiger partial charge in [-0.3, -0.25) is 4.98 Å². The van der Waals surface area contributed by atoms with Gasteiger partial charge in [-0.05, 0) is 18.2 Å². The van der Waals surface area contributed by atoms with Crippen LogP contribution in [0.2, 0.25) is 0 Å². The molecule has 2 rings (SSSR count). The Hall–Kier alpha value is -2.02. The first-order valence-corrected chi connectivity index (χ1v) is 6.15. The van der Waals surface area contributed by atoms with E-state index in [-0.39, 0.29) is 15.7 Å². The molecule has 88 valence electrons. The molecule has 0 saturated carbocycles. The Labute approximate surface area is 98.2 Å². The van der Waals surface area contributed by atoms with Crippen molar-refractivity contribution in [2.24, 2.45) is 0 Å². The highest BCUT2D eigenvalue weighted by Gasteiger charge is 2.23. The minimum absolute atomic E-state index is 0.0250. The maximum Gasteiger partial charge on any atom is 0.252 e. The zero-order valence-electron chi connectivity index (χ0n) is 8.94. The maximum atomic E-state index is 12.2. The summed E-state index contributed by atoms with van der Waals surface area (Å²) in [7, 11) is -2.33. The van der Waals surface area contributed by atoms with Crippen LogP contribution in [-0.2, 0) is 9.84 Å². The Bertz CT molecular complexity index is 614. The van der Waals surface area contributed by atoms with Crippen LogP contribution < -0.4 is 4.74 Å². The first-order valence-electron chi connectivity index (χ1n) is 4.67. The van der Waals surface area contributed by atoms with E-state index in [0.717, 1.165) is 0 Å². The van der Waals surface area contributed by atoms with E-state index >= 15 is 0 Å². The number of ether oxygens (including phenoxy) is 1. The molecule has 0 amide bonds. The molecule has 0 radical (unpaired) electrons. The molecule has 2 heterocycles. The molecule has 0 atom stereocenters. The molecule has 0 fully saturated rings. The highest BCUT2D eigenvalue weighted by atomic mass is 32.2. The molecule has 2 aromatic heterocycles. The third-order valence-corrected chi connectivity index (χ3v) is 3.83. The summed E-state index contributed by atoms with van der Waals surface area (Å²) < 4.78 is 29.3. The van der Waals surface area contributed by atoms with Gasteiger partial charge in [0.2, 0.25) is 9.84 Å². The zero-order chi connectivity index (χ0) is 12.3. The van der Waals surface area contributed by atoms with Crippen molar-refractivity contribution in [1.29, 1.82) is 0 Å². The van der Waals surface area contributed by atoms with E-state index in [9.17, 15) is 8.42 Å². The van der Waals surface area contributed by atoms with Gasteiger partial charge in [-0.2, -0.15) is 5.10 Å². The first kappa shape index (κ1) is 11.5. The molecule has 0 saturated heterocycles. The summed E-state index contributed by atoms with van der Waals surface area (Å²) in [5, 5.41) is 7.19. The monoisotopic (exact) mass is 251 g/mol. The predicted octanol–water partition coefficient (Wildman–Crippen LogP) is 0.713. The molecule has 7 heteroatoms.